The maximum absolute atomic E-state index is 12.7. The Balaban J connectivity index is 1.89. The van der Waals surface area contributed by atoms with E-state index < -0.39 is 5.82 Å². The highest BCUT2D eigenvalue weighted by molar-refractivity contribution is 5.92. The molecule has 1 fully saturated rings. The normalized spacial score (nSPS) is 24.6. The van der Waals surface area contributed by atoms with Crippen molar-refractivity contribution in [1.82, 2.24) is 10.3 Å². The SMILES string of the molecule is COC1CCC(NC(=O)c2cc(F)c[nH]2)C1. The van der Waals surface area contributed by atoms with E-state index >= 15 is 0 Å². The molecular weight excluding hydrogens is 211 g/mol. The number of hydrogen-bond donors (Lipinski definition) is 2. The molecule has 0 spiro atoms. The summed E-state index contributed by atoms with van der Waals surface area (Å²) in [6.07, 6.45) is 4.09. The summed E-state index contributed by atoms with van der Waals surface area (Å²) in [6.45, 7) is 0. The van der Waals surface area contributed by atoms with Crippen LogP contribution >= 0.6 is 0 Å². The van der Waals surface area contributed by atoms with Gasteiger partial charge in [-0.3, -0.25) is 4.79 Å². The lowest BCUT2D eigenvalue weighted by Gasteiger charge is -2.11. The zero-order valence-corrected chi connectivity index (χ0v) is 9.13. The molecule has 0 aliphatic heterocycles. The number of nitrogens with one attached hydrogen (secondary N) is 2. The lowest BCUT2D eigenvalue weighted by molar-refractivity contribution is 0.0911. The number of ether oxygens (including phenoxy) is 1. The Bertz CT molecular complexity index is 378. The van der Waals surface area contributed by atoms with Gasteiger partial charge >= 0.3 is 0 Å². The molecule has 5 heteroatoms. The second-order valence-electron chi connectivity index (χ2n) is 4.07. The smallest absolute Gasteiger partial charge is 0.268 e. The summed E-state index contributed by atoms with van der Waals surface area (Å²) in [5.41, 5.74) is 0.262. The van der Waals surface area contributed by atoms with Crippen LogP contribution in [0.25, 0.3) is 0 Å². The van der Waals surface area contributed by atoms with E-state index in [-0.39, 0.29) is 23.7 Å². The number of amides is 1. The van der Waals surface area contributed by atoms with Crippen LogP contribution in [-0.2, 0) is 4.74 Å². The van der Waals surface area contributed by atoms with Gasteiger partial charge in [0.05, 0.1) is 6.10 Å². The van der Waals surface area contributed by atoms with Gasteiger partial charge in [-0.25, -0.2) is 4.39 Å². The Morgan fingerprint density at radius 2 is 2.44 bits per heavy atom. The third-order valence-electron chi connectivity index (χ3n) is 2.95. The molecule has 2 rings (SSSR count). The van der Waals surface area contributed by atoms with Gasteiger partial charge in [0.2, 0.25) is 0 Å². The fraction of sp³-hybridized carbons (Fsp3) is 0.545. The maximum atomic E-state index is 12.7. The molecule has 4 nitrogen and oxygen atoms in total. The summed E-state index contributed by atoms with van der Waals surface area (Å²) in [5, 5.41) is 2.86. The number of rotatable bonds is 3. The van der Waals surface area contributed by atoms with Gasteiger partial charge in [-0.05, 0) is 19.3 Å². The molecular formula is C11H15FN2O2. The molecule has 1 aliphatic carbocycles. The van der Waals surface area contributed by atoms with Crippen molar-refractivity contribution in [3.05, 3.63) is 23.8 Å². The molecule has 1 aromatic rings. The maximum Gasteiger partial charge on any atom is 0.268 e. The number of halogens is 1. The molecule has 2 N–H and O–H groups in total. The topological polar surface area (TPSA) is 54.1 Å². The van der Waals surface area contributed by atoms with Crippen LogP contribution in [0.3, 0.4) is 0 Å². The fourth-order valence-electron chi connectivity index (χ4n) is 2.05. The number of carbonyl (C=O) groups is 1. The Morgan fingerprint density at radius 3 is 3.00 bits per heavy atom. The summed E-state index contributed by atoms with van der Waals surface area (Å²) < 4.78 is 17.9. The van der Waals surface area contributed by atoms with Crippen molar-refractivity contribution in [1.29, 1.82) is 0 Å². The van der Waals surface area contributed by atoms with Crippen molar-refractivity contribution in [3.8, 4) is 0 Å². The molecule has 16 heavy (non-hydrogen) atoms. The monoisotopic (exact) mass is 226 g/mol. The van der Waals surface area contributed by atoms with Gasteiger partial charge in [0.25, 0.3) is 5.91 Å². The number of aromatic amines is 1. The van der Waals surface area contributed by atoms with Gasteiger partial charge in [0.15, 0.2) is 0 Å². The fourth-order valence-corrected chi connectivity index (χ4v) is 2.05. The first-order valence-corrected chi connectivity index (χ1v) is 5.36. The van der Waals surface area contributed by atoms with Crippen molar-refractivity contribution < 1.29 is 13.9 Å². The van der Waals surface area contributed by atoms with Gasteiger partial charge in [-0.2, -0.15) is 0 Å². The zero-order chi connectivity index (χ0) is 11.5. The van der Waals surface area contributed by atoms with Crippen LogP contribution in [0.2, 0.25) is 0 Å². The van der Waals surface area contributed by atoms with E-state index in [0.717, 1.165) is 19.3 Å². The minimum atomic E-state index is -0.425. The molecule has 2 atom stereocenters. The van der Waals surface area contributed by atoms with E-state index in [4.69, 9.17) is 4.74 Å². The third kappa shape index (κ3) is 2.41. The molecule has 0 bridgehead atoms. The molecule has 2 unspecified atom stereocenters. The Labute approximate surface area is 93.2 Å². The number of carbonyl (C=O) groups excluding carboxylic acids is 1. The molecule has 1 heterocycles. The minimum absolute atomic E-state index is 0.129. The Kier molecular flexibility index (Phi) is 3.24. The molecule has 1 amide bonds. The van der Waals surface area contributed by atoms with E-state index in [1.807, 2.05) is 0 Å². The first-order chi connectivity index (χ1) is 7.69. The summed E-state index contributed by atoms with van der Waals surface area (Å²) in [6, 6.07) is 1.32. The number of hydrogen-bond acceptors (Lipinski definition) is 2. The van der Waals surface area contributed by atoms with Gasteiger partial charge < -0.3 is 15.0 Å². The van der Waals surface area contributed by atoms with Crippen molar-refractivity contribution in [2.24, 2.45) is 0 Å². The van der Waals surface area contributed by atoms with Crippen molar-refractivity contribution >= 4 is 5.91 Å². The predicted molar refractivity (Wildman–Crippen MR) is 56.7 cm³/mol. The van der Waals surface area contributed by atoms with Crippen molar-refractivity contribution in [2.45, 2.75) is 31.4 Å². The van der Waals surface area contributed by atoms with Gasteiger partial charge in [0.1, 0.15) is 11.5 Å². The Morgan fingerprint density at radius 1 is 1.62 bits per heavy atom. The average Bonchev–Trinajstić information content (AvgIpc) is 2.87. The van der Waals surface area contributed by atoms with Gasteiger partial charge in [0, 0.05) is 25.4 Å². The standard InChI is InChI=1S/C11H15FN2O2/c1-16-9-3-2-8(5-9)14-11(15)10-4-7(12)6-13-10/h4,6,8-9,13H,2-3,5H2,1H3,(H,14,15). The summed E-state index contributed by atoms with van der Waals surface area (Å²) in [7, 11) is 1.68. The summed E-state index contributed by atoms with van der Waals surface area (Å²) >= 11 is 0. The van der Waals surface area contributed by atoms with E-state index in [1.54, 1.807) is 7.11 Å². The first-order valence-electron chi connectivity index (χ1n) is 5.36. The van der Waals surface area contributed by atoms with Crippen LogP contribution < -0.4 is 5.32 Å². The van der Waals surface area contributed by atoms with E-state index in [9.17, 15) is 9.18 Å². The third-order valence-corrected chi connectivity index (χ3v) is 2.95. The second kappa shape index (κ2) is 4.65. The molecule has 1 aliphatic rings. The number of methoxy groups -OCH3 is 1. The quantitative estimate of drug-likeness (QED) is 0.819. The lowest BCUT2D eigenvalue weighted by Crippen LogP contribution is -2.33. The van der Waals surface area contributed by atoms with Crippen LogP contribution in [-0.4, -0.2) is 30.1 Å². The van der Waals surface area contributed by atoms with Crippen molar-refractivity contribution in [3.63, 3.8) is 0 Å². The highest BCUT2D eigenvalue weighted by Gasteiger charge is 2.26. The zero-order valence-electron chi connectivity index (χ0n) is 9.13. The molecule has 0 saturated heterocycles. The predicted octanol–water partition coefficient (Wildman–Crippen LogP) is 1.45. The van der Waals surface area contributed by atoms with Crippen LogP contribution in [0.1, 0.15) is 29.8 Å². The molecule has 88 valence electrons. The van der Waals surface area contributed by atoms with Gasteiger partial charge in [-0.1, -0.05) is 0 Å². The van der Waals surface area contributed by atoms with Gasteiger partial charge in [-0.15, -0.1) is 0 Å². The summed E-state index contributed by atoms with van der Waals surface area (Å²) in [5.74, 6) is -0.683. The Hall–Kier alpha value is -1.36. The van der Waals surface area contributed by atoms with E-state index in [1.165, 1.54) is 12.3 Å². The largest absolute Gasteiger partial charge is 0.381 e. The van der Waals surface area contributed by atoms with Crippen molar-refractivity contribution in [2.75, 3.05) is 7.11 Å². The molecule has 0 aromatic carbocycles. The van der Waals surface area contributed by atoms with Crippen LogP contribution in [0, 0.1) is 5.82 Å². The molecule has 1 saturated carbocycles. The highest BCUT2D eigenvalue weighted by atomic mass is 19.1. The van der Waals surface area contributed by atoms with Crippen LogP contribution in [0.5, 0.6) is 0 Å². The number of aromatic nitrogens is 1. The van der Waals surface area contributed by atoms with E-state index in [2.05, 4.69) is 10.3 Å². The summed E-state index contributed by atoms with van der Waals surface area (Å²) in [4.78, 5) is 14.2. The molecule has 1 aromatic heterocycles. The van der Waals surface area contributed by atoms with E-state index in [0.29, 0.717) is 0 Å². The van der Waals surface area contributed by atoms with Crippen LogP contribution in [0.4, 0.5) is 4.39 Å². The minimum Gasteiger partial charge on any atom is -0.381 e. The highest BCUT2D eigenvalue weighted by Crippen LogP contribution is 2.21. The number of H-pyrrole nitrogens is 1. The molecule has 0 radical (unpaired) electrons. The average molecular weight is 226 g/mol. The lowest BCUT2D eigenvalue weighted by atomic mass is 10.2. The van der Waals surface area contributed by atoms with Crippen LogP contribution in [0.15, 0.2) is 12.3 Å². The first kappa shape index (κ1) is 11.1. The second-order valence-corrected chi connectivity index (χ2v) is 4.07.